The van der Waals surface area contributed by atoms with E-state index < -0.39 is 0 Å². The quantitative estimate of drug-likeness (QED) is 0.501. The van der Waals surface area contributed by atoms with Crippen molar-refractivity contribution < 1.29 is 4.79 Å². The van der Waals surface area contributed by atoms with Crippen molar-refractivity contribution >= 4 is 5.91 Å². The Balaban J connectivity index is 2.07. The van der Waals surface area contributed by atoms with E-state index in [1.54, 1.807) is 0 Å². The smallest absolute Gasteiger partial charge is 0.238 e. The molecule has 0 aromatic heterocycles. The number of nitrogens with one attached hydrogen (secondary N) is 1. The number of hydrazine groups is 1. The van der Waals surface area contributed by atoms with Gasteiger partial charge in [-0.25, -0.2) is 5.84 Å². The van der Waals surface area contributed by atoms with E-state index in [4.69, 9.17) is 5.84 Å². The Hall–Kier alpha value is -1.39. The van der Waals surface area contributed by atoms with Crippen molar-refractivity contribution in [3.63, 3.8) is 0 Å². The minimum Gasteiger partial charge on any atom is -0.299 e. The van der Waals surface area contributed by atoms with Gasteiger partial charge in [-0.15, -0.1) is 0 Å². The number of benzene rings is 1. The Morgan fingerprint density at radius 1 is 1.35 bits per heavy atom. The Kier molecular flexibility index (Phi) is 4.78. The van der Waals surface area contributed by atoms with E-state index >= 15 is 0 Å². The van der Waals surface area contributed by atoms with Gasteiger partial charge in [0.1, 0.15) is 0 Å². The lowest BCUT2D eigenvalue weighted by molar-refractivity contribution is -0.120. The van der Waals surface area contributed by atoms with Crippen LogP contribution in [-0.4, -0.2) is 23.9 Å². The van der Waals surface area contributed by atoms with E-state index in [2.05, 4.69) is 30.2 Å². The molecule has 2 rings (SSSR count). The van der Waals surface area contributed by atoms with Crippen LogP contribution in [0.1, 0.15) is 37.8 Å². The van der Waals surface area contributed by atoms with Gasteiger partial charge in [0.15, 0.2) is 0 Å². The van der Waals surface area contributed by atoms with Crippen molar-refractivity contribution in [3.05, 3.63) is 35.4 Å². The molecular formula is C16H25N3O. The van der Waals surface area contributed by atoms with E-state index in [-0.39, 0.29) is 5.91 Å². The zero-order valence-corrected chi connectivity index (χ0v) is 12.5. The third-order valence-corrected chi connectivity index (χ3v) is 4.00. The summed E-state index contributed by atoms with van der Waals surface area (Å²) in [6.45, 7) is 7.82. The summed E-state index contributed by atoms with van der Waals surface area (Å²) in [6, 6.07) is 8.14. The van der Waals surface area contributed by atoms with Crippen molar-refractivity contribution in [3.8, 4) is 0 Å². The van der Waals surface area contributed by atoms with Crippen LogP contribution in [0.3, 0.4) is 0 Å². The summed E-state index contributed by atoms with van der Waals surface area (Å²) in [6.07, 6.45) is 2.89. The normalized spacial score (nSPS) is 18.8. The molecule has 0 unspecified atom stereocenters. The molecule has 1 aliphatic heterocycles. The molecule has 1 aromatic carbocycles. The fraction of sp³-hybridized carbons (Fsp3) is 0.562. The summed E-state index contributed by atoms with van der Waals surface area (Å²) >= 11 is 0. The average molecular weight is 275 g/mol. The molecular weight excluding hydrogens is 250 g/mol. The number of rotatable bonds is 4. The lowest BCUT2D eigenvalue weighted by atomic mass is 9.84. The topological polar surface area (TPSA) is 58.4 Å². The number of piperidine rings is 1. The highest BCUT2D eigenvalue weighted by Gasteiger charge is 2.26. The molecule has 1 saturated heterocycles. The summed E-state index contributed by atoms with van der Waals surface area (Å²) in [5.74, 6) is 5.04. The van der Waals surface area contributed by atoms with Crippen molar-refractivity contribution in [2.75, 3.05) is 13.1 Å². The summed E-state index contributed by atoms with van der Waals surface area (Å²) in [4.78, 5) is 14.0. The number of nitrogens with two attached hydrogens (primary N) is 1. The summed E-state index contributed by atoms with van der Waals surface area (Å²) in [7, 11) is 0. The molecule has 0 bridgehead atoms. The molecule has 0 aliphatic carbocycles. The number of amides is 1. The van der Waals surface area contributed by atoms with Crippen LogP contribution in [-0.2, 0) is 17.8 Å². The van der Waals surface area contributed by atoms with E-state index in [0.717, 1.165) is 25.2 Å². The fourth-order valence-corrected chi connectivity index (χ4v) is 3.03. The van der Waals surface area contributed by atoms with Crippen LogP contribution in [0.25, 0.3) is 0 Å². The average Bonchev–Trinajstić information content (AvgIpc) is 2.39. The van der Waals surface area contributed by atoms with Gasteiger partial charge in [0.2, 0.25) is 5.91 Å². The van der Waals surface area contributed by atoms with Gasteiger partial charge in [-0.1, -0.05) is 38.1 Å². The maximum Gasteiger partial charge on any atom is 0.238 e. The minimum atomic E-state index is -0.142. The first kappa shape index (κ1) is 15.0. The third kappa shape index (κ3) is 4.05. The number of nitrogens with zero attached hydrogens (tertiary/aromatic N) is 1. The molecule has 0 spiro atoms. The molecule has 3 N–H and O–H groups in total. The lowest BCUT2D eigenvalue weighted by Crippen LogP contribution is -2.39. The molecule has 110 valence electrons. The highest BCUT2D eigenvalue weighted by atomic mass is 16.2. The molecule has 0 radical (unpaired) electrons. The minimum absolute atomic E-state index is 0.142. The fourth-order valence-electron chi connectivity index (χ4n) is 3.03. The second-order valence-corrected chi connectivity index (χ2v) is 6.49. The van der Waals surface area contributed by atoms with Gasteiger partial charge >= 0.3 is 0 Å². The molecule has 1 fully saturated rings. The van der Waals surface area contributed by atoms with Crippen molar-refractivity contribution in [2.24, 2.45) is 11.3 Å². The molecule has 4 nitrogen and oxygen atoms in total. The number of hydrogen-bond acceptors (Lipinski definition) is 3. The standard InChI is InChI=1S/C16H25N3O/c1-16(2)8-5-9-19(12-16)11-14-7-4-3-6-13(14)10-15(20)18-17/h3-4,6-7H,5,8-12,17H2,1-2H3,(H,18,20). The molecule has 0 atom stereocenters. The van der Waals surface area contributed by atoms with Crippen LogP contribution in [0.4, 0.5) is 0 Å². The van der Waals surface area contributed by atoms with Crippen LogP contribution in [0, 0.1) is 5.41 Å². The van der Waals surface area contributed by atoms with E-state index in [9.17, 15) is 4.79 Å². The molecule has 20 heavy (non-hydrogen) atoms. The van der Waals surface area contributed by atoms with Crippen molar-refractivity contribution in [1.82, 2.24) is 10.3 Å². The van der Waals surface area contributed by atoms with E-state index in [1.165, 1.54) is 18.4 Å². The van der Waals surface area contributed by atoms with Gasteiger partial charge in [-0.05, 0) is 35.9 Å². The molecule has 1 aromatic rings. The summed E-state index contributed by atoms with van der Waals surface area (Å²) in [5, 5.41) is 0. The Labute approximate surface area is 121 Å². The maximum absolute atomic E-state index is 11.5. The van der Waals surface area contributed by atoms with Gasteiger partial charge in [0.25, 0.3) is 0 Å². The van der Waals surface area contributed by atoms with Crippen molar-refractivity contribution in [2.45, 2.75) is 39.7 Å². The third-order valence-electron chi connectivity index (χ3n) is 4.00. The number of carbonyl (C=O) groups excluding carboxylic acids is 1. The van der Waals surface area contributed by atoms with E-state index in [0.29, 0.717) is 11.8 Å². The predicted octanol–water partition coefficient (Wildman–Crippen LogP) is 1.84. The number of hydrogen-bond donors (Lipinski definition) is 2. The van der Waals surface area contributed by atoms with Gasteiger partial charge in [0, 0.05) is 13.1 Å². The Bertz CT molecular complexity index is 471. The van der Waals surface area contributed by atoms with Gasteiger partial charge in [-0.3, -0.25) is 15.1 Å². The molecule has 4 heteroatoms. The zero-order chi connectivity index (χ0) is 14.6. The first-order valence-corrected chi connectivity index (χ1v) is 7.29. The highest BCUT2D eigenvalue weighted by molar-refractivity contribution is 5.78. The number of carbonyl (C=O) groups is 1. The predicted molar refractivity (Wildman–Crippen MR) is 80.8 cm³/mol. The Morgan fingerprint density at radius 2 is 2.05 bits per heavy atom. The van der Waals surface area contributed by atoms with Gasteiger partial charge < -0.3 is 0 Å². The maximum atomic E-state index is 11.5. The molecule has 1 heterocycles. The second-order valence-electron chi connectivity index (χ2n) is 6.49. The van der Waals surface area contributed by atoms with Gasteiger partial charge in [0.05, 0.1) is 6.42 Å². The van der Waals surface area contributed by atoms with Crippen LogP contribution in [0.2, 0.25) is 0 Å². The monoisotopic (exact) mass is 275 g/mol. The molecule has 1 aliphatic rings. The zero-order valence-electron chi connectivity index (χ0n) is 12.5. The van der Waals surface area contributed by atoms with Crippen LogP contribution in [0.15, 0.2) is 24.3 Å². The first-order chi connectivity index (χ1) is 9.50. The van der Waals surface area contributed by atoms with Crippen LogP contribution in [0.5, 0.6) is 0 Å². The summed E-state index contributed by atoms with van der Waals surface area (Å²) < 4.78 is 0. The van der Waals surface area contributed by atoms with E-state index in [1.807, 2.05) is 18.2 Å². The highest BCUT2D eigenvalue weighted by Crippen LogP contribution is 2.29. The number of likely N-dealkylation sites (tertiary alicyclic amines) is 1. The second kappa shape index (κ2) is 6.37. The van der Waals surface area contributed by atoms with Crippen molar-refractivity contribution in [1.29, 1.82) is 0 Å². The SMILES string of the molecule is CC1(C)CCCN(Cc2ccccc2CC(=O)NN)C1. The van der Waals surface area contributed by atoms with Crippen LogP contribution < -0.4 is 11.3 Å². The van der Waals surface area contributed by atoms with Gasteiger partial charge in [-0.2, -0.15) is 0 Å². The largest absolute Gasteiger partial charge is 0.299 e. The lowest BCUT2D eigenvalue weighted by Gasteiger charge is -2.38. The van der Waals surface area contributed by atoms with Crippen LogP contribution >= 0.6 is 0 Å². The Morgan fingerprint density at radius 3 is 2.70 bits per heavy atom. The summed E-state index contributed by atoms with van der Waals surface area (Å²) in [5.41, 5.74) is 4.89. The molecule has 1 amide bonds. The first-order valence-electron chi connectivity index (χ1n) is 7.29. The molecule has 0 saturated carbocycles.